The van der Waals surface area contributed by atoms with Crippen LogP contribution in [0.25, 0.3) is 0 Å². The summed E-state index contributed by atoms with van der Waals surface area (Å²) in [7, 11) is 0. The van der Waals surface area contributed by atoms with E-state index < -0.39 is 0 Å². The summed E-state index contributed by atoms with van der Waals surface area (Å²) in [5.74, 6) is 0. The summed E-state index contributed by atoms with van der Waals surface area (Å²) in [5, 5.41) is 3.53. The molecule has 0 spiro atoms. The van der Waals surface area contributed by atoms with Crippen molar-refractivity contribution >= 4 is 23.3 Å². The van der Waals surface area contributed by atoms with Gasteiger partial charge in [0.05, 0.1) is 10.7 Å². The first-order valence-corrected chi connectivity index (χ1v) is 6.87. The highest BCUT2D eigenvalue weighted by Crippen LogP contribution is 2.25. The van der Waals surface area contributed by atoms with E-state index in [4.69, 9.17) is 11.6 Å². The van der Waals surface area contributed by atoms with Crippen LogP contribution < -0.4 is 5.32 Å². The molecule has 0 saturated carbocycles. The number of hydrogen-bond donors (Lipinski definition) is 1. The molecule has 2 rings (SSSR count). The topological polar surface area (TPSA) is 32.3 Å². The molecule has 4 heteroatoms. The summed E-state index contributed by atoms with van der Waals surface area (Å²) in [6.07, 6.45) is 4.62. The number of hydrogen-bond acceptors (Lipinski definition) is 1. The van der Waals surface area contributed by atoms with Crippen molar-refractivity contribution in [3.8, 4) is 0 Å². The molecule has 0 aliphatic carbocycles. The highest BCUT2D eigenvalue weighted by Gasteiger charge is 2.16. The van der Waals surface area contributed by atoms with Gasteiger partial charge in [0.25, 0.3) is 0 Å². The zero-order valence-corrected chi connectivity index (χ0v) is 11.5. The number of rotatable bonds is 1. The van der Waals surface area contributed by atoms with Crippen LogP contribution in [-0.4, -0.2) is 24.0 Å². The van der Waals surface area contributed by atoms with Gasteiger partial charge in [-0.3, -0.25) is 0 Å². The van der Waals surface area contributed by atoms with Gasteiger partial charge in [0, 0.05) is 13.1 Å². The number of para-hydroxylation sites is 1. The first kappa shape index (κ1) is 13.2. The molecule has 2 amide bonds. The van der Waals surface area contributed by atoms with Gasteiger partial charge in [-0.1, -0.05) is 36.6 Å². The first-order valence-electron chi connectivity index (χ1n) is 6.49. The number of carbonyl (C=O) groups is 1. The minimum atomic E-state index is -0.0342. The summed E-state index contributed by atoms with van der Waals surface area (Å²) in [5.41, 5.74) is 1.72. The number of halogens is 1. The number of likely N-dealkylation sites (tertiary alicyclic amines) is 1. The van der Waals surface area contributed by atoms with E-state index in [1.165, 1.54) is 12.8 Å². The Bertz CT molecular complexity index is 406. The van der Waals surface area contributed by atoms with Crippen LogP contribution in [0, 0.1) is 6.92 Å². The van der Waals surface area contributed by atoms with Crippen molar-refractivity contribution in [2.75, 3.05) is 18.4 Å². The van der Waals surface area contributed by atoms with Crippen molar-refractivity contribution in [2.24, 2.45) is 0 Å². The van der Waals surface area contributed by atoms with Crippen LogP contribution in [0.4, 0.5) is 10.5 Å². The van der Waals surface area contributed by atoms with E-state index in [1.807, 2.05) is 24.0 Å². The molecule has 0 atom stereocenters. The summed E-state index contributed by atoms with van der Waals surface area (Å²) in [6, 6.07) is 5.60. The predicted octanol–water partition coefficient (Wildman–Crippen LogP) is 4.06. The van der Waals surface area contributed by atoms with Crippen LogP contribution in [0.1, 0.15) is 31.2 Å². The van der Waals surface area contributed by atoms with Gasteiger partial charge >= 0.3 is 6.03 Å². The maximum atomic E-state index is 12.2. The number of urea groups is 1. The lowest BCUT2D eigenvalue weighted by atomic mass is 10.2. The third-order valence-electron chi connectivity index (χ3n) is 3.35. The van der Waals surface area contributed by atoms with Crippen LogP contribution in [0.15, 0.2) is 18.2 Å². The molecule has 1 aliphatic heterocycles. The Balaban J connectivity index is 2.06. The van der Waals surface area contributed by atoms with Crippen molar-refractivity contribution in [2.45, 2.75) is 32.6 Å². The average Bonchev–Trinajstić information content (AvgIpc) is 2.62. The lowest BCUT2D eigenvalue weighted by Gasteiger charge is -2.21. The number of carbonyl (C=O) groups excluding carboxylic acids is 1. The third kappa shape index (κ3) is 3.16. The van der Waals surface area contributed by atoms with Crippen LogP contribution in [0.5, 0.6) is 0 Å². The maximum Gasteiger partial charge on any atom is 0.321 e. The van der Waals surface area contributed by atoms with E-state index in [9.17, 15) is 4.79 Å². The molecule has 3 nitrogen and oxygen atoms in total. The Kier molecular flexibility index (Phi) is 4.48. The van der Waals surface area contributed by atoms with Crippen molar-refractivity contribution in [3.63, 3.8) is 0 Å². The van der Waals surface area contributed by atoms with E-state index in [0.717, 1.165) is 37.2 Å². The number of aryl methyl sites for hydroxylation is 1. The molecule has 98 valence electrons. The van der Waals surface area contributed by atoms with Gasteiger partial charge in [-0.15, -0.1) is 0 Å². The Hall–Kier alpha value is -1.22. The van der Waals surface area contributed by atoms with E-state index in [-0.39, 0.29) is 6.03 Å². The minimum absolute atomic E-state index is 0.0342. The van der Waals surface area contributed by atoms with E-state index in [1.54, 1.807) is 6.07 Å². The highest BCUT2D eigenvalue weighted by atomic mass is 35.5. The maximum absolute atomic E-state index is 12.2. The van der Waals surface area contributed by atoms with Crippen molar-refractivity contribution in [1.82, 2.24) is 4.90 Å². The van der Waals surface area contributed by atoms with E-state index >= 15 is 0 Å². The number of nitrogens with zero attached hydrogens (tertiary/aromatic N) is 1. The van der Waals surface area contributed by atoms with E-state index in [0.29, 0.717) is 5.02 Å². The lowest BCUT2D eigenvalue weighted by Crippen LogP contribution is -2.35. The SMILES string of the molecule is Cc1cccc(Cl)c1NC(=O)N1CCCCCC1. The fraction of sp³-hybridized carbons (Fsp3) is 0.500. The van der Waals surface area contributed by atoms with Gasteiger partial charge in [0.15, 0.2) is 0 Å². The van der Waals surface area contributed by atoms with Gasteiger partial charge in [-0.2, -0.15) is 0 Å². The number of nitrogens with one attached hydrogen (secondary N) is 1. The zero-order valence-electron chi connectivity index (χ0n) is 10.7. The van der Waals surface area contributed by atoms with Crippen LogP contribution in [0.2, 0.25) is 5.02 Å². The summed E-state index contributed by atoms with van der Waals surface area (Å²) >= 11 is 6.11. The predicted molar refractivity (Wildman–Crippen MR) is 75.2 cm³/mol. The number of benzene rings is 1. The lowest BCUT2D eigenvalue weighted by molar-refractivity contribution is 0.213. The molecule has 18 heavy (non-hydrogen) atoms. The van der Waals surface area contributed by atoms with Crippen LogP contribution in [0.3, 0.4) is 0 Å². The minimum Gasteiger partial charge on any atom is -0.325 e. The van der Waals surface area contributed by atoms with Crippen LogP contribution in [-0.2, 0) is 0 Å². The van der Waals surface area contributed by atoms with Crippen LogP contribution >= 0.6 is 11.6 Å². The second-order valence-electron chi connectivity index (χ2n) is 4.76. The Morgan fingerprint density at radius 3 is 2.50 bits per heavy atom. The standard InChI is InChI=1S/C14H19ClN2O/c1-11-7-6-8-12(15)13(11)16-14(18)17-9-4-2-3-5-10-17/h6-8H,2-5,9-10H2,1H3,(H,16,18). The monoisotopic (exact) mass is 266 g/mol. The van der Waals surface area contributed by atoms with Crippen molar-refractivity contribution in [3.05, 3.63) is 28.8 Å². The smallest absolute Gasteiger partial charge is 0.321 e. The first-order chi connectivity index (χ1) is 8.68. The van der Waals surface area contributed by atoms with Crippen molar-refractivity contribution < 1.29 is 4.79 Å². The quantitative estimate of drug-likeness (QED) is 0.817. The van der Waals surface area contributed by atoms with Gasteiger partial charge in [0.2, 0.25) is 0 Å². The molecular weight excluding hydrogens is 248 g/mol. The molecule has 1 fully saturated rings. The molecule has 1 N–H and O–H groups in total. The second kappa shape index (κ2) is 6.10. The summed E-state index contributed by atoms with van der Waals surface area (Å²) < 4.78 is 0. The number of anilines is 1. The van der Waals surface area contributed by atoms with Gasteiger partial charge in [0.1, 0.15) is 0 Å². The molecule has 1 saturated heterocycles. The number of amides is 2. The molecule has 1 heterocycles. The molecule has 1 aromatic carbocycles. The normalized spacial score (nSPS) is 16.2. The van der Waals surface area contributed by atoms with Gasteiger partial charge < -0.3 is 10.2 Å². The largest absolute Gasteiger partial charge is 0.325 e. The molecule has 0 bridgehead atoms. The van der Waals surface area contributed by atoms with Gasteiger partial charge in [-0.25, -0.2) is 4.79 Å². The molecule has 1 aromatic rings. The highest BCUT2D eigenvalue weighted by molar-refractivity contribution is 6.33. The Morgan fingerprint density at radius 2 is 1.89 bits per heavy atom. The van der Waals surface area contributed by atoms with Crippen molar-refractivity contribution in [1.29, 1.82) is 0 Å². The summed E-state index contributed by atoms with van der Waals surface area (Å²) in [4.78, 5) is 14.1. The molecule has 0 aromatic heterocycles. The molecular formula is C14H19ClN2O. The fourth-order valence-electron chi connectivity index (χ4n) is 2.25. The molecule has 1 aliphatic rings. The second-order valence-corrected chi connectivity index (χ2v) is 5.17. The van der Waals surface area contributed by atoms with Gasteiger partial charge in [-0.05, 0) is 31.4 Å². The summed E-state index contributed by atoms with van der Waals surface area (Å²) in [6.45, 7) is 3.63. The van der Waals surface area contributed by atoms with E-state index in [2.05, 4.69) is 5.32 Å². The third-order valence-corrected chi connectivity index (χ3v) is 3.66. The molecule has 0 radical (unpaired) electrons. The molecule has 0 unspecified atom stereocenters. The average molecular weight is 267 g/mol. The zero-order chi connectivity index (χ0) is 13.0. The fourth-order valence-corrected chi connectivity index (χ4v) is 2.52. The Labute approximate surface area is 113 Å². The Morgan fingerprint density at radius 1 is 1.22 bits per heavy atom.